The van der Waals surface area contributed by atoms with E-state index >= 15 is 0 Å². The van der Waals surface area contributed by atoms with Gasteiger partial charge in [0.05, 0.1) is 46.5 Å². The van der Waals surface area contributed by atoms with E-state index in [1.165, 1.54) is 60.3 Å². The largest absolute Gasteiger partial charge is 0.192 e. The highest BCUT2D eigenvalue weighted by atomic mass is 14.3. The van der Waals surface area contributed by atoms with Gasteiger partial charge in [-0.3, -0.25) is 0 Å². The van der Waals surface area contributed by atoms with Crippen molar-refractivity contribution in [3.05, 3.63) is 191 Å². The Morgan fingerprint density at radius 3 is 1.02 bits per heavy atom. The summed E-state index contributed by atoms with van der Waals surface area (Å²) in [5, 5.41) is 56.4. The van der Waals surface area contributed by atoms with Crippen LogP contribution in [0.4, 0.5) is 0 Å². The molecule has 0 aliphatic heterocycles. The maximum atomic E-state index is 10.5. The van der Waals surface area contributed by atoms with Gasteiger partial charge in [0.15, 0.2) is 0 Å². The lowest BCUT2D eigenvalue weighted by Crippen LogP contribution is -1.91. The molecule has 0 atom stereocenters. The van der Waals surface area contributed by atoms with E-state index in [1.807, 2.05) is 24.3 Å². The number of aryl methyl sites for hydroxylation is 2. The molecular formula is C60H32N4. The second-order valence-electron chi connectivity index (χ2n) is 16.8. The lowest BCUT2D eigenvalue weighted by molar-refractivity contribution is 1.44. The second-order valence-corrected chi connectivity index (χ2v) is 16.8. The first kappa shape index (κ1) is 36.8. The number of hydrogen-bond donors (Lipinski definition) is 0. The number of nitriles is 4. The predicted molar refractivity (Wildman–Crippen MR) is 261 cm³/mol. The molecule has 12 aromatic rings. The third-order valence-corrected chi connectivity index (χ3v) is 13.6. The molecule has 4 nitrogen and oxygen atoms in total. The van der Waals surface area contributed by atoms with E-state index in [9.17, 15) is 21.0 Å². The number of fused-ring (bicyclic) bond motifs is 9. The van der Waals surface area contributed by atoms with E-state index < -0.39 is 0 Å². The van der Waals surface area contributed by atoms with E-state index in [4.69, 9.17) is 0 Å². The van der Waals surface area contributed by atoms with Crippen LogP contribution in [0.3, 0.4) is 0 Å². The van der Waals surface area contributed by atoms with Crippen LogP contribution in [0.2, 0.25) is 0 Å². The molecule has 0 N–H and O–H groups in total. The van der Waals surface area contributed by atoms with Gasteiger partial charge in [-0.1, -0.05) is 121 Å². The smallest absolute Gasteiger partial charge is 0.0998 e. The molecule has 12 rings (SSSR count). The van der Waals surface area contributed by atoms with Crippen LogP contribution in [-0.2, 0) is 0 Å². The van der Waals surface area contributed by atoms with Gasteiger partial charge in [-0.05, 0) is 170 Å². The normalized spacial score (nSPS) is 11.5. The van der Waals surface area contributed by atoms with Gasteiger partial charge < -0.3 is 0 Å². The van der Waals surface area contributed by atoms with Crippen molar-refractivity contribution in [2.75, 3.05) is 0 Å². The molecule has 0 saturated carbocycles. The van der Waals surface area contributed by atoms with Crippen molar-refractivity contribution in [2.45, 2.75) is 13.8 Å². The summed E-state index contributed by atoms with van der Waals surface area (Å²) in [6.45, 7) is 4.38. The lowest BCUT2D eigenvalue weighted by atomic mass is 9.89. The van der Waals surface area contributed by atoms with Crippen LogP contribution >= 0.6 is 0 Å². The summed E-state index contributed by atoms with van der Waals surface area (Å²) in [6.07, 6.45) is 0. The van der Waals surface area contributed by atoms with Gasteiger partial charge in [0.2, 0.25) is 0 Å². The molecule has 4 heteroatoms. The Hall–Kier alpha value is -9.06. The predicted octanol–water partition coefficient (Wildman–Crippen LogP) is 15.4. The standard InChI is InChI=1S/C60H32N4/c1-33-9-3-5-11-39(33)45-21-22-46(40-12-6-4-10-34(40)2)59-53-27-51-44-14-8-16-50-56(44)54(28-52(51)43-13-7-15-49(55(43)53)57(45)59)60-48(42-20-18-36(30-62)26-38(42)32-64)24-23-47(58(50)60)41-19-17-35(29-61)25-37(41)31-63/h3-28H,1-2H3. The zero-order valence-corrected chi connectivity index (χ0v) is 34.8. The molecule has 0 unspecified atom stereocenters. The van der Waals surface area contributed by atoms with E-state index in [0.29, 0.717) is 22.3 Å². The first-order valence-corrected chi connectivity index (χ1v) is 21.2. The number of benzene rings is 10. The Morgan fingerprint density at radius 1 is 0.266 bits per heavy atom. The van der Waals surface area contributed by atoms with Crippen molar-refractivity contribution >= 4 is 75.4 Å². The molecule has 0 aromatic heterocycles. The molecule has 64 heavy (non-hydrogen) atoms. The highest BCUT2D eigenvalue weighted by molar-refractivity contribution is 6.44. The van der Waals surface area contributed by atoms with Gasteiger partial charge in [0.1, 0.15) is 0 Å². The monoisotopic (exact) mass is 808 g/mol. The van der Waals surface area contributed by atoms with Crippen molar-refractivity contribution in [3.8, 4) is 68.8 Å². The summed E-state index contributed by atoms with van der Waals surface area (Å²) in [5.41, 5.74) is 12.2. The van der Waals surface area contributed by atoms with Crippen LogP contribution in [0.25, 0.3) is 120 Å². The van der Waals surface area contributed by atoms with Crippen molar-refractivity contribution < 1.29 is 0 Å². The zero-order valence-electron chi connectivity index (χ0n) is 34.8. The van der Waals surface area contributed by atoms with Gasteiger partial charge in [-0.15, -0.1) is 0 Å². The molecule has 12 aromatic carbocycles. The summed E-state index contributed by atoms with van der Waals surface area (Å²) in [7, 11) is 0. The Morgan fingerprint density at radius 2 is 0.625 bits per heavy atom. The molecule has 0 spiro atoms. The van der Waals surface area contributed by atoms with Gasteiger partial charge in [-0.25, -0.2) is 0 Å². The summed E-state index contributed by atoms with van der Waals surface area (Å²) in [5.74, 6) is 0. The highest BCUT2D eigenvalue weighted by Gasteiger charge is 2.26. The van der Waals surface area contributed by atoms with Crippen molar-refractivity contribution in [1.29, 1.82) is 21.0 Å². The van der Waals surface area contributed by atoms with Crippen molar-refractivity contribution in [2.24, 2.45) is 0 Å². The molecule has 0 heterocycles. The summed E-state index contributed by atoms with van der Waals surface area (Å²) < 4.78 is 0. The Labute approximate surface area is 368 Å². The molecule has 0 amide bonds. The fourth-order valence-corrected chi connectivity index (χ4v) is 10.8. The third-order valence-electron chi connectivity index (χ3n) is 13.6. The minimum Gasteiger partial charge on any atom is -0.192 e. The Bertz CT molecular complexity index is 4200. The van der Waals surface area contributed by atoms with Crippen LogP contribution in [-0.4, -0.2) is 0 Å². The van der Waals surface area contributed by atoms with Crippen LogP contribution < -0.4 is 0 Å². The second kappa shape index (κ2) is 13.7. The quantitative estimate of drug-likeness (QED) is 0.165. The fourth-order valence-electron chi connectivity index (χ4n) is 10.8. The Kier molecular flexibility index (Phi) is 7.89. The molecule has 0 radical (unpaired) electrons. The fraction of sp³-hybridized carbons (Fsp3) is 0.0333. The van der Waals surface area contributed by atoms with Crippen LogP contribution in [0.5, 0.6) is 0 Å². The first-order chi connectivity index (χ1) is 31.4. The molecule has 0 saturated heterocycles. The number of hydrogen-bond acceptors (Lipinski definition) is 4. The lowest BCUT2D eigenvalue weighted by Gasteiger charge is -2.14. The molecule has 292 valence electrons. The SMILES string of the molecule is Cc1ccccc1-c1ccc(-c2ccccc2C)c2c3cc4c(cc5c6c(-c7ccc(C#N)cc7C#N)ccc(-c7ccc(C#N)cc7C#N)c6c6cccc4c65)c4cccc(c12)c43. The van der Waals surface area contributed by atoms with Crippen LogP contribution in [0.1, 0.15) is 33.4 Å². The van der Waals surface area contributed by atoms with Crippen molar-refractivity contribution in [3.63, 3.8) is 0 Å². The minimum atomic E-state index is 0.412. The van der Waals surface area contributed by atoms with Gasteiger partial charge in [0, 0.05) is 11.1 Å². The van der Waals surface area contributed by atoms with E-state index in [-0.39, 0.29) is 0 Å². The average molecular weight is 809 g/mol. The average Bonchev–Trinajstić information content (AvgIpc) is 3.86. The molecule has 0 bridgehead atoms. The molecule has 0 aliphatic carbocycles. The summed E-state index contributed by atoms with van der Waals surface area (Å²) >= 11 is 0. The Balaban J connectivity index is 1.29. The highest BCUT2D eigenvalue weighted by Crippen LogP contribution is 2.53. The third kappa shape index (κ3) is 5.00. The van der Waals surface area contributed by atoms with Crippen molar-refractivity contribution in [1.82, 2.24) is 0 Å². The topological polar surface area (TPSA) is 95.2 Å². The maximum absolute atomic E-state index is 10.5. The van der Waals surface area contributed by atoms with Gasteiger partial charge in [-0.2, -0.15) is 21.0 Å². The first-order valence-electron chi connectivity index (χ1n) is 21.2. The van der Waals surface area contributed by atoms with Crippen LogP contribution in [0, 0.1) is 59.2 Å². The van der Waals surface area contributed by atoms with E-state index in [0.717, 1.165) is 70.7 Å². The molecular weight excluding hydrogens is 777 g/mol. The summed E-state index contributed by atoms with van der Waals surface area (Å²) in [4.78, 5) is 0. The summed E-state index contributed by atoms with van der Waals surface area (Å²) in [6, 6.07) is 63.8. The van der Waals surface area contributed by atoms with E-state index in [1.54, 1.807) is 24.3 Å². The molecule has 0 aliphatic rings. The van der Waals surface area contributed by atoms with Crippen LogP contribution in [0.15, 0.2) is 158 Å². The number of rotatable bonds is 4. The number of nitrogens with zero attached hydrogens (tertiary/aromatic N) is 4. The van der Waals surface area contributed by atoms with Gasteiger partial charge in [0.25, 0.3) is 0 Å². The zero-order chi connectivity index (χ0) is 43.4. The van der Waals surface area contributed by atoms with E-state index in [2.05, 4.69) is 147 Å². The minimum absolute atomic E-state index is 0.412. The maximum Gasteiger partial charge on any atom is 0.0998 e. The molecule has 0 fully saturated rings. The van der Waals surface area contributed by atoms with Gasteiger partial charge >= 0.3 is 0 Å².